The lowest BCUT2D eigenvalue weighted by Gasteiger charge is -2.10. The average Bonchev–Trinajstić information content (AvgIpc) is 3.20. The van der Waals surface area contributed by atoms with E-state index < -0.39 is 5.91 Å². The Bertz CT molecular complexity index is 1010. The van der Waals surface area contributed by atoms with E-state index in [1.165, 1.54) is 4.68 Å². The number of hydrazone groups is 1. The van der Waals surface area contributed by atoms with Crippen LogP contribution in [0.25, 0.3) is 10.8 Å². The summed E-state index contributed by atoms with van der Waals surface area (Å²) in [6.07, 6.45) is 1.76. The molecule has 134 valence electrons. The topological polar surface area (TPSA) is 76.3 Å². The summed E-state index contributed by atoms with van der Waals surface area (Å²) in [6, 6.07) is 10.9. The molecule has 0 aliphatic carbocycles. The number of rotatable bonds is 6. The molecule has 0 bridgehead atoms. The zero-order chi connectivity index (χ0) is 18.5. The van der Waals surface area contributed by atoms with E-state index in [4.69, 9.17) is 0 Å². The predicted molar refractivity (Wildman–Crippen MR) is 105 cm³/mol. The number of unbranched alkanes of at least 4 members (excludes halogenated alkanes) is 1. The highest BCUT2D eigenvalue weighted by Crippen LogP contribution is 2.14. The van der Waals surface area contributed by atoms with E-state index in [0.717, 1.165) is 23.4 Å². The van der Waals surface area contributed by atoms with Crippen molar-refractivity contribution in [2.45, 2.75) is 33.2 Å². The van der Waals surface area contributed by atoms with Crippen molar-refractivity contribution in [2.75, 3.05) is 0 Å². The molecule has 0 fully saturated rings. The smallest absolute Gasteiger partial charge is 0.267 e. The van der Waals surface area contributed by atoms with Gasteiger partial charge < -0.3 is 0 Å². The lowest BCUT2D eigenvalue weighted by atomic mass is 10.1. The molecule has 1 amide bonds. The second-order valence-corrected chi connectivity index (χ2v) is 6.84. The Morgan fingerprint density at radius 1 is 1.23 bits per heavy atom. The molecule has 0 unspecified atom stereocenters. The Morgan fingerprint density at radius 3 is 2.69 bits per heavy atom. The summed E-state index contributed by atoms with van der Waals surface area (Å²) in [5.41, 5.74) is 3.31. The van der Waals surface area contributed by atoms with Crippen LogP contribution in [-0.4, -0.2) is 21.4 Å². The van der Waals surface area contributed by atoms with Gasteiger partial charge in [0.15, 0.2) is 5.69 Å². The fourth-order valence-corrected chi connectivity index (χ4v) is 3.27. The first-order valence-electron chi connectivity index (χ1n) is 8.50. The Balaban J connectivity index is 1.97. The van der Waals surface area contributed by atoms with Gasteiger partial charge in [-0.05, 0) is 30.9 Å². The number of hydrogen-bond acceptors (Lipinski definition) is 5. The summed E-state index contributed by atoms with van der Waals surface area (Å²) in [5.74, 6) is -0.428. The van der Waals surface area contributed by atoms with Crippen LogP contribution in [0.3, 0.4) is 0 Å². The highest BCUT2D eigenvalue weighted by molar-refractivity contribution is 7.12. The zero-order valence-corrected chi connectivity index (χ0v) is 15.5. The van der Waals surface area contributed by atoms with Gasteiger partial charge in [-0.1, -0.05) is 37.6 Å². The van der Waals surface area contributed by atoms with Crippen molar-refractivity contribution < 1.29 is 4.79 Å². The molecule has 0 aliphatic rings. The molecule has 2 heterocycles. The predicted octanol–water partition coefficient (Wildman–Crippen LogP) is 3.41. The number of carbonyl (C=O) groups is 1. The third-order valence-corrected chi connectivity index (χ3v) is 4.99. The van der Waals surface area contributed by atoms with E-state index in [1.807, 2.05) is 31.4 Å². The van der Waals surface area contributed by atoms with E-state index in [0.29, 0.717) is 17.3 Å². The molecule has 0 aliphatic heterocycles. The summed E-state index contributed by atoms with van der Waals surface area (Å²) in [7, 11) is 0. The molecule has 2 aromatic heterocycles. The molecule has 26 heavy (non-hydrogen) atoms. The van der Waals surface area contributed by atoms with Gasteiger partial charge in [0.1, 0.15) is 0 Å². The van der Waals surface area contributed by atoms with Crippen molar-refractivity contribution in [1.29, 1.82) is 0 Å². The SMILES string of the molecule is CCCCn1nc(C(=O)N/N=C(/C)c2cccs2)c2ccccc2c1=O. The molecule has 1 aromatic carbocycles. The van der Waals surface area contributed by atoms with Gasteiger partial charge in [0.05, 0.1) is 11.1 Å². The molecular weight excluding hydrogens is 348 g/mol. The zero-order valence-electron chi connectivity index (χ0n) is 14.7. The maximum Gasteiger partial charge on any atom is 0.292 e. The Labute approximate surface area is 155 Å². The quantitative estimate of drug-likeness (QED) is 0.535. The fourth-order valence-electron chi connectivity index (χ4n) is 2.59. The largest absolute Gasteiger partial charge is 0.292 e. The van der Waals surface area contributed by atoms with Crippen molar-refractivity contribution in [3.63, 3.8) is 0 Å². The van der Waals surface area contributed by atoms with Crippen LogP contribution in [0.15, 0.2) is 51.7 Å². The minimum Gasteiger partial charge on any atom is -0.267 e. The third-order valence-electron chi connectivity index (χ3n) is 4.01. The average molecular weight is 368 g/mol. The highest BCUT2D eigenvalue weighted by atomic mass is 32.1. The first-order chi connectivity index (χ1) is 12.6. The number of benzene rings is 1. The molecule has 3 aromatic rings. The standard InChI is InChI=1S/C19H20N4O2S/c1-3-4-11-23-19(25)15-9-6-5-8-14(15)17(22-23)18(24)21-20-13(2)16-10-7-12-26-16/h5-10,12H,3-4,11H2,1-2H3,(H,21,24)/b20-13-. The van der Waals surface area contributed by atoms with Crippen molar-refractivity contribution in [1.82, 2.24) is 15.2 Å². The molecule has 3 rings (SSSR count). The number of aromatic nitrogens is 2. The lowest BCUT2D eigenvalue weighted by Crippen LogP contribution is -2.29. The summed E-state index contributed by atoms with van der Waals surface area (Å²) >= 11 is 1.55. The van der Waals surface area contributed by atoms with E-state index >= 15 is 0 Å². The van der Waals surface area contributed by atoms with Gasteiger partial charge in [0.2, 0.25) is 0 Å². The Morgan fingerprint density at radius 2 is 2.00 bits per heavy atom. The minimum absolute atomic E-state index is 0.177. The first-order valence-corrected chi connectivity index (χ1v) is 9.38. The van der Waals surface area contributed by atoms with Gasteiger partial charge in [0, 0.05) is 16.8 Å². The lowest BCUT2D eigenvalue weighted by molar-refractivity contribution is 0.0949. The van der Waals surface area contributed by atoms with Gasteiger partial charge >= 0.3 is 0 Å². The minimum atomic E-state index is -0.428. The Hall–Kier alpha value is -2.80. The molecule has 0 spiro atoms. The summed E-state index contributed by atoms with van der Waals surface area (Å²) in [5, 5.41) is 11.4. The monoisotopic (exact) mass is 368 g/mol. The molecule has 0 saturated carbocycles. The summed E-state index contributed by atoms with van der Waals surface area (Å²) < 4.78 is 1.37. The molecule has 0 radical (unpaired) electrons. The van der Waals surface area contributed by atoms with Crippen LogP contribution in [0.1, 0.15) is 42.1 Å². The maximum absolute atomic E-state index is 12.7. The molecule has 0 atom stereocenters. The van der Waals surface area contributed by atoms with Crippen LogP contribution >= 0.6 is 11.3 Å². The van der Waals surface area contributed by atoms with Crippen molar-refractivity contribution >= 4 is 33.7 Å². The second-order valence-electron chi connectivity index (χ2n) is 5.89. The van der Waals surface area contributed by atoms with Gasteiger partial charge in [-0.2, -0.15) is 10.2 Å². The van der Waals surface area contributed by atoms with E-state index in [1.54, 1.807) is 35.6 Å². The van der Waals surface area contributed by atoms with Gasteiger partial charge in [0.25, 0.3) is 11.5 Å². The van der Waals surface area contributed by atoms with Crippen LogP contribution in [0.2, 0.25) is 0 Å². The van der Waals surface area contributed by atoms with Crippen LogP contribution in [0.4, 0.5) is 0 Å². The molecule has 7 heteroatoms. The van der Waals surface area contributed by atoms with Crippen molar-refractivity contribution in [3.05, 3.63) is 62.7 Å². The summed E-state index contributed by atoms with van der Waals surface area (Å²) in [4.78, 5) is 26.2. The van der Waals surface area contributed by atoms with Gasteiger partial charge in [-0.25, -0.2) is 10.1 Å². The van der Waals surface area contributed by atoms with E-state index in [2.05, 4.69) is 15.6 Å². The number of carbonyl (C=O) groups excluding carboxylic acids is 1. The van der Waals surface area contributed by atoms with E-state index in [-0.39, 0.29) is 11.3 Å². The van der Waals surface area contributed by atoms with Crippen molar-refractivity contribution in [3.8, 4) is 0 Å². The molecule has 0 saturated heterocycles. The molecule has 1 N–H and O–H groups in total. The number of thiophene rings is 1. The third kappa shape index (κ3) is 3.72. The summed E-state index contributed by atoms with van der Waals surface area (Å²) in [6.45, 7) is 4.36. The highest BCUT2D eigenvalue weighted by Gasteiger charge is 2.16. The number of amides is 1. The van der Waals surface area contributed by atoms with Gasteiger partial charge in [-0.15, -0.1) is 11.3 Å². The van der Waals surface area contributed by atoms with Crippen molar-refractivity contribution in [2.24, 2.45) is 5.10 Å². The van der Waals surface area contributed by atoms with Crippen LogP contribution in [-0.2, 0) is 6.54 Å². The normalized spacial score (nSPS) is 11.7. The molecular formula is C19H20N4O2S. The number of fused-ring (bicyclic) bond motifs is 1. The second kappa shape index (κ2) is 8.05. The maximum atomic E-state index is 12.7. The van der Waals surface area contributed by atoms with E-state index in [9.17, 15) is 9.59 Å². The number of aryl methyl sites for hydroxylation is 1. The molecule has 6 nitrogen and oxygen atoms in total. The van der Waals surface area contributed by atoms with Crippen LogP contribution in [0, 0.1) is 0 Å². The number of hydrogen-bond donors (Lipinski definition) is 1. The number of nitrogens with zero attached hydrogens (tertiary/aromatic N) is 3. The first kappa shape index (κ1) is 18.0. The van der Waals surface area contributed by atoms with Crippen LogP contribution < -0.4 is 11.0 Å². The Kier molecular flexibility index (Phi) is 5.58. The van der Waals surface area contributed by atoms with Crippen LogP contribution in [0.5, 0.6) is 0 Å². The van der Waals surface area contributed by atoms with Gasteiger partial charge in [-0.3, -0.25) is 9.59 Å². The fraction of sp³-hybridized carbons (Fsp3) is 0.263. The number of nitrogens with one attached hydrogen (secondary N) is 1.